The number of nitrogens with zero attached hydrogens (tertiary/aromatic N) is 4. The smallest absolute Gasteiger partial charge is 0.407 e. The van der Waals surface area contributed by atoms with Crippen LogP contribution in [0, 0.1) is 0 Å². The Morgan fingerprint density at radius 3 is 2.40 bits per heavy atom. The van der Waals surface area contributed by atoms with E-state index in [-0.39, 0.29) is 11.9 Å². The van der Waals surface area contributed by atoms with Gasteiger partial charge in [-0.2, -0.15) is 0 Å². The third-order valence-electron chi connectivity index (χ3n) is 9.02. The van der Waals surface area contributed by atoms with E-state index in [1.807, 2.05) is 79.9 Å². The molecule has 0 bridgehead atoms. The van der Waals surface area contributed by atoms with Crippen LogP contribution in [0.5, 0.6) is 0 Å². The average molecular weight is 771 g/mol. The quantitative estimate of drug-likeness (QED) is 0.142. The van der Waals surface area contributed by atoms with Crippen LogP contribution in [0.3, 0.4) is 0 Å². The maximum Gasteiger partial charge on any atom is 0.407 e. The van der Waals surface area contributed by atoms with Gasteiger partial charge in [0.25, 0.3) is 5.91 Å². The third-order valence-corrected chi connectivity index (χ3v) is 9.84. The van der Waals surface area contributed by atoms with Gasteiger partial charge in [0.1, 0.15) is 11.3 Å². The maximum absolute atomic E-state index is 14.6. The fourth-order valence-corrected chi connectivity index (χ4v) is 7.27. The van der Waals surface area contributed by atoms with E-state index < -0.39 is 11.7 Å². The van der Waals surface area contributed by atoms with Gasteiger partial charge in [-0.3, -0.25) is 4.79 Å². The minimum absolute atomic E-state index is 0.0324. The Morgan fingerprint density at radius 2 is 1.66 bits per heavy atom. The Balaban J connectivity index is 1.24. The van der Waals surface area contributed by atoms with Crippen LogP contribution in [0.1, 0.15) is 49.7 Å². The van der Waals surface area contributed by atoms with Crippen molar-refractivity contribution in [3.8, 4) is 22.5 Å². The Morgan fingerprint density at radius 1 is 0.925 bits per heavy atom. The van der Waals surface area contributed by atoms with Gasteiger partial charge >= 0.3 is 6.09 Å². The molecule has 13 heteroatoms. The summed E-state index contributed by atoms with van der Waals surface area (Å²) in [6, 6.07) is 24.4. The first-order chi connectivity index (χ1) is 25.4. The first-order valence-electron chi connectivity index (χ1n) is 17.3. The lowest BCUT2D eigenvalue weighted by atomic mass is 10.0. The summed E-state index contributed by atoms with van der Waals surface area (Å²) in [5, 5.41) is 8.53. The largest absolute Gasteiger partial charge is 0.444 e. The number of H-pyrrole nitrogens is 1. The van der Waals surface area contributed by atoms with Crippen LogP contribution < -0.4 is 15.5 Å². The number of imidazole rings is 1. The lowest BCUT2D eigenvalue weighted by molar-refractivity contribution is 0.0497. The Hall–Kier alpha value is -5.03. The monoisotopic (exact) mass is 769 g/mol. The minimum Gasteiger partial charge on any atom is -0.444 e. The minimum atomic E-state index is -0.573. The fourth-order valence-electron chi connectivity index (χ4n) is 6.63. The van der Waals surface area contributed by atoms with Crippen molar-refractivity contribution in [2.24, 2.45) is 0 Å². The van der Waals surface area contributed by atoms with Crippen LogP contribution in [-0.4, -0.2) is 56.3 Å². The number of hydrogen-bond donors (Lipinski definition) is 3. The summed E-state index contributed by atoms with van der Waals surface area (Å²) in [6.07, 6.45) is 4.43. The second-order valence-electron chi connectivity index (χ2n) is 14.0. The van der Waals surface area contributed by atoms with Gasteiger partial charge in [0.05, 0.1) is 29.9 Å². The number of aromatic nitrogens is 4. The van der Waals surface area contributed by atoms with Gasteiger partial charge in [0.15, 0.2) is 5.82 Å². The zero-order valence-electron chi connectivity index (χ0n) is 29.4. The van der Waals surface area contributed by atoms with Gasteiger partial charge in [0.2, 0.25) is 0 Å². The zero-order valence-corrected chi connectivity index (χ0v) is 31.7. The van der Waals surface area contributed by atoms with Crippen LogP contribution in [0.2, 0.25) is 15.1 Å². The molecule has 0 saturated carbocycles. The van der Waals surface area contributed by atoms with Crippen molar-refractivity contribution in [2.75, 3.05) is 23.3 Å². The summed E-state index contributed by atoms with van der Waals surface area (Å²) in [4.78, 5) is 42.0. The highest BCUT2D eigenvalue weighted by molar-refractivity contribution is 6.35. The number of alkyl carbamates (subject to hydrolysis) is 1. The molecule has 0 atom stereocenters. The highest BCUT2D eigenvalue weighted by atomic mass is 35.5. The highest BCUT2D eigenvalue weighted by Crippen LogP contribution is 2.40. The summed E-state index contributed by atoms with van der Waals surface area (Å²) >= 11 is 19.4. The molecular weight excluding hydrogens is 733 g/mol. The molecule has 3 aromatic heterocycles. The van der Waals surface area contributed by atoms with Gasteiger partial charge in [0, 0.05) is 62.4 Å². The molecule has 10 nitrogen and oxygen atoms in total. The number of hydrogen-bond acceptors (Lipinski definition) is 6. The van der Waals surface area contributed by atoms with Crippen molar-refractivity contribution in [3.63, 3.8) is 0 Å². The molecule has 1 aliphatic rings. The first kappa shape index (κ1) is 36.3. The molecule has 2 amide bonds. The SMILES string of the molecule is CC(C)(C)OC(=O)NC1CCN(c2ncccc2NC(=O)c2[nH]c3cc(Cl)ccc3c2-c2c(-c3ccccc3)ncn2Cc2ccc(Cl)cc2Cl)CC1. The number of fused-ring (bicyclic) bond motifs is 1. The lowest BCUT2D eigenvalue weighted by Gasteiger charge is -2.34. The van der Waals surface area contributed by atoms with Crippen molar-refractivity contribution in [1.82, 2.24) is 24.8 Å². The van der Waals surface area contributed by atoms with E-state index in [0.717, 1.165) is 22.2 Å². The number of halogens is 3. The topological polar surface area (TPSA) is 117 Å². The third kappa shape index (κ3) is 8.15. The molecule has 0 aliphatic carbocycles. The average Bonchev–Trinajstić information content (AvgIpc) is 3.70. The molecule has 6 aromatic rings. The van der Waals surface area contributed by atoms with E-state index >= 15 is 0 Å². The van der Waals surface area contributed by atoms with Crippen molar-refractivity contribution in [1.29, 1.82) is 0 Å². The molecule has 0 spiro atoms. The van der Waals surface area contributed by atoms with E-state index in [1.165, 1.54) is 0 Å². The fraction of sp³-hybridized carbons (Fsp3) is 0.250. The van der Waals surface area contributed by atoms with Crippen molar-refractivity contribution in [2.45, 2.75) is 51.8 Å². The number of pyridine rings is 1. The predicted octanol–water partition coefficient (Wildman–Crippen LogP) is 9.85. The molecule has 7 rings (SSSR count). The summed E-state index contributed by atoms with van der Waals surface area (Å²) in [7, 11) is 0. The molecule has 4 heterocycles. The summed E-state index contributed by atoms with van der Waals surface area (Å²) in [5.41, 5.74) is 4.83. The van der Waals surface area contributed by atoms with Gasteiger partial charge in [-0.1, -0.05) is 77.3 Å². The molecular formula is C40H38Cl3N7O3. The molecule has 0 radical (unpaired) electrons. The number of carbonyl (C=O) groups is 2. The van der Waals surface area contributed by atoms with Crippen LogP contribution in [0.4, 0.5) is 16.3 Å². The molecule has 0 unspecified atom stereocenters. The van der Waals surface area contributed by atoms with Gasteiger partial charge < -0.3 is 29.8 Å². The summed E-state index contributed by atoms with van der Waals surface area (Å²) in [5.74, 6) is 0.281. The molecule has 53 heavy (non-hydrogen) atoms. The van der Waals surface area contributed by atoms with Crippen molar-refractivity contribution < 1.29 is 14.3 Å². The van der Waals surface area contributed by atoms with Crippen LogP contribution in [0.15, 0.2) is 91.4 Å². The number of piperidine rings is 1. The number of anilines is 2. The van der Waals surface area contributed by atoms with Crippen LogP contribution in [-0.2, 0) is 11.3 Å². The van der Waals surface area contributed by atoms with E-state index in [1.54, 1.807) is 36.8 Å². The number of aromatic amines is 1. The number of carbonyl (C=O) groups excluding carboxylic acids is 2. The normalized spacial score (nSPS) is 13.7. The molecule has 3 N–H and O–H groups in total. The maximum atomic E-state index is 14.6. The van der Waals surface area contributed by atoms with E-state index in [4.69, 9.17) is 44.5 Å². The van der Waals surface area contributed by atoms with Crippen molar-refractivity contribution in [3.05, 3.63) is 118 Å². The van der Waals surface area contributed by atoms with Gasteiger partial charge in [-0.15, -0.1) is 0 Å². The number of amides is 2. The van der Waals surface area contributed by atoms with E-state index in [0.29, 0.717) is 81.5 Å². The molecule has 272 valence electrons. The second-order valence-corrected chi connectivity index (χ2v) is 15.3. The number of ether oxygens (including phenoxy) is 1. The predicted molar refractivity (Wildman–Crippen MR) is 212 cm³/mol. The summed E-state index contributed by atoms with van der Waals surface area (Å²) < 4.78 is 7.45. The number of benzene rings is 3. The van der Waals surface area contributed by atoms with Crippen LogP contribution >= 0.6 is 34.8 Å². The zero-order chi connectivity index (χ0) is 37.3. The Labute approximate surface area is 322 Å². The second kappa shape index (κ2) is 15.1. The van der Waals surface area contributed by atoms with Crippen molar-refractivity contribution >= 4 is 69.2 Å². The number of rotatable bonds is 8. The van der Waals surface area contributed by atoms with Crippen LogP contribution in [0.25, 0.3) is 33.4 Å². The lowest BCUT2D eigenvalue weighted by Crippen LogP contribution is -2.46. The summed E-state index contributed by atoms with van der Waals surface area (Å²) in [6.45, 7) is 7.15. The molecule has 3 aromatic carbocycles. The first-order valence-corrected chi connectivity index (χ1v) is 18.4. The standard InChI is InChI=1S/C40H38Cl3N7O3/c1-40(2,3)53-39(52)46-28-15-18-49(19-16-28)37-31(10-7-17-44-37)48-38(51)35-33(29-14-13-27(42)21-32(29)47-35)36-34(24-8-5-4-6-9-24)45-23-50(36)22-25-11-12-26(41)20-30(25)43/h4-14,17,20-21,23,28,47H,15-16,18-19,22H2,1-3H3,(H,46,52)(H,48,51). The number of nitrogens with one attached hydrogen (secondary N) is 3. The molecule has 1 fully saturated rings. The van der Waals surface area contributed by atoms with E-state index in [9.17, 15) is 9.59 Å². The Bertz CT molecular complexity index is 2290. The highest BCUT2D eigenvalue weighted by Gasteiger charge is 2.29. The van der Waals surface area contributed by atoms with Gasteiger partial charge in [-0.05, 0) is 75.6 Å². The van der Waals surface area contributed by atoms with Gasteiger partial charge in [-0.25, -0.2) is 14.8 Å². The Kier molecular flexibility index (Phi) is 10.4. The molecule has 1 aliphatic heterocycles. The van der Waals surface area contributed by atoms with E-state index in [2.05, 4.69) is 25.5 Å². The molecule has 1 saturated heterocycles.